The molecule has 1 aliphatic heterocycles. The van der Waals surface area contributed by atoms with Gasteiger partial charge in [-0.3, -0.25) is 19.8 Å². The predicted molar refractivity (Wildman–Crippen MR) is 125 cm³/mol. The smallest absolute Gasteiger partial charge is 0.326 e. The summed E-state index contributed by atoms with van der Waals surface area (Å²) < 4.78 is 0. The minimum atomic E-state index is -1.21. The minimum absolute atomic E-state index is 0.109. The summed E-state index contributed by atoms with van der Waals surface area (Å²) in [5, 5.41) is 29.9. The number of carbonyl (C=O) groups is 4. The molecule has 1 aliphatic rings. The van der Waals surface area contributed by atoms with Crippen LogP contribution in [0, 0.1) is 5.41 Å². The molecule has 9 N–H and O–H groups in total. The molecule has 34 heavy (non-hydrogen) atoms. The number of rotatable bonds is 13. The second-order valence-electron chi connectivity index (χ2n) is 8.06. The maximum Gasteiger partial charge on any atom is 0.326 e. The lowest BCUT2D eigenvalue weighted by Gasteiger charge is -2.22. The molecule has 1 saturated heterocycles. The van der Waals surface area contributed by atoms with Crippen molar-refractivity contribution in [3.63, 3.8) is 0 Å². The molecule has 0 saturated carbocycles. The van der Waals surface area contributed by atoms with E-state index < -0.39 is 29.9 Å². The Balaban J connectivity index is 1.97. The number of aliphatic carboxylic acids is 1. The molecule has 0 aromatic heterocycles. The van der Waals surface area contributed by atoms with Crippen molar-refractivity contribution in [2.75, 3.05) is 19.6 Å². The molecule has 2 rings (SSSR count). The minimum Gasteiger partial charge on any atom is -0.480 e. The van der Waals surface area contributed by atoms with E-state index >= 15 is 0 Å². The van der Waals surface area contributed by atoms with E-state index in [4.69, 9.17) is 11.1 Å². The van der Waals surface area contributed by atoms with E-state index in [2.05, 4.69) is 26.6 Å². The predicted octanol–water partition coefficient (Wildman–Crippen LogP) is -1.59. The SMILES string of the molecule is N=C(N)NCCC[C@H](NC(=O)[C@H](Cc1ccccc1)NC(=O)CNC(=O)[C@@H]1CCCN1)C(=O)O. The molecule has 1 fully saturated rings. The molecule has 0 spiro atoms. The van der Waals surface area contributed by atoms with Crippen LogP contribution in [0.1, 0.15) is 31.2 Å². The normalized spacial score (nSPS) is 16.6. The van der Waals surface area contributed by atoms with Crippen LogP contribution in [-0.4, -0.2) is 72.5 Å². The van der Waals surface area contributed by atoms with Crippen molar-refractivity contribution < 1.29 is 24.3 Å². The Morgan fingerprint density at radius 2 is 1.85 bits per heavy atom. The number of benzene rings is 1. The summed E-state index contributed by atoms with van der Waals surface area (Å²) in [6, 6.07) is 6.46. The molecule has 0 unspecified atom stereocenters. The summed E-state index contributed by atoms with van der Waals surface area (Å²) in [6.07, 6.45) is 2.20. The van der Waals surface area contributed by atoms with Gasteiger partial charge in [0.05, 0.1) is 12.6 Å². The van der Waals surface area contributed by atoms with E-state index in [1.807, 2.05) is 6.07 Å². The fourth-order valence-electron chi connectivity index (χ4n) is 3.56. The molecular weight excluding hydrogens is 442 g/mol. The van der Waals surface area contributed by atoms with E-state index in [-0.39, 0.29) is 43.8 Å². The van der Waals surface area contributed by atoms with E-state index in [1.165, 1.54) is 0 Å². The summed E-state index contributed by atoms with van der Waals surface area (Å²) in [4.78, 5) is 49.2. The van der Waals surface area contributed by atoms with Crippen LogP contribution in [0.2, 0.25) is 0 Å². The maximum atomic E-state index is 12.9. The van der Waals surface area contributed by atoms with Crippen LogP contribution in [0.15, 0.2) is 30.3 Å². The first-order valence-electron chi connectivity index (χ1n) is 11.2. The van der Waals surface area contributed by atoms with Gasteiger partial charge in [-0.15, -0.1) is 0 Å². The molecule has 1 heterocycles. The topological polar surface area (TPSA) is 199 Å². The molecule has 3 atom stereocenters. The lowest BCUT2D eigenvalue weighted by atomic mass is 10.0. The van der Waals surface area contributed by atoms with E-state index in [9.17, 15) is 24.3 Å². The highest BCUT2D eigenvalue weighted by Crippen LogP contribution is 2.06. The number of carboxylic acid groups (broad SMARTS) is 1. The number of guanidine groups is 1. The number of hydrogen-bond acceptors (Lipinski definition) is 6. The monoisotopic (exact) mass is 475 g/mol. The summed E-state index contributed by atoms with van der Waals surface area (Å²) in [7, 11) is 0. The first-order valence-corrected chi connectivity index (χ1v) is 11.2. The molecule has 0 radical (unpaired) electrons. The van der Waals surface area contributed by atoms with E-state index in [1.54, 1.807) is 24.3 Å². The van der Waals surface area contributed by atoms with Crippen molar-refractivity contribution in [1.29, 1.82) is 5.41 Å². The van der Waals surface area contributed by atoms with Crippen LogP contribution in [0.3, 0.4) is 0 Å². The number of hydrogen-bond donors (Lipinski definition) is 8. The highest BCUT2D eigenvalue weighted by Gasteiger charge is 2.27. The molecule has 1 aromatic carbocycles. The third-order valence-electron chi connectivity index (χ3n) is 5.33. The summed E-state index contributed by atoms with van der Waals surface area (Å²) in [5.41, 5.74) is 5.98. The fraction of sp³-hybridized carbons (Fsp3) is 0.500. The third kappa shape index (κ3) is 9.45. The highest BCUT2D eigenvalue weighted by molar-refractivity contribution is 5.92. The molecule has 3 amide bonds. The molecule has 0 bridgehead atoms. The third-order valence-corrected chi connectivity index (χ3v) is 5.33. The summed E-state index contributed by atoms with van der Waals surface area (Å²) in [5.74, 6) is -2.91. The van der Waals surface area contributed by atoms with E-state index in [0.29, 0.717) is 12.8 Å². The van der Waals surface area contributed by atoms with Crippen molar-refractivity contribution in [3.05, 3.63) is 35.9 Å². The van der Waals surface area contributed by atoms with Gasteiger partial charge in [0, 0.05) is 13.0 Å². The quantitative estimate of drug-likeness (QED) is 0.0948. The van der Waals surface area contributed by atoms with Gasteiger partial charge >= 0.3 is 5.97 Å². The van der Waals surface area contributed by atoms with Crippen LogP contribution in [-0.2, 0) is 25.6 Å². The lowest BCUT2D eigenvalue weighted by Crippen LogP contribution is -2.54. The van der Waals surface area contributed by atoms with Crippen LogP contribution in [0.4, 0.5) is 0 Å². The van der Waals surface area contributed by atoms with Gasteiger partial charge in [0.15, 0.2) is 5.96 Å². The van der Waals surface area contributed by atoms with Gasteiger partial charge in [0.25, 0.3) is 0 Å². The Kier molecular flexibility index (Phi) is 10.8. The van der Waals surface area contributed by atoms with Crippen LogP contribution in [0.5, 0.6) is 0 Å². The highest BCUT2D eigenvalue weighted by atomic mass is 16.4. The Morgan fingerprint density at radius 3 is 2.47 bits per heavy atom. The largest absolute Gasteiger partial charge is 0.480 e. The molecule has 1 aromatic rings. The standard InChI is InChI=1S/C22H33N7O5/c23-22(24)26-11-5-9-16(21(33)34)29-20(32)17(12-14-6-2-1-3-7-14)28-18(30)13-27-19(31)15-8-4-10-25-15/h1-3,6-7,15-17,25H,4-5,8-13H2,(H,27,31)(H,28,30)(H,29,32)(H,33,34)(H4,23,24,26)/t15-,16-,17-/m0/s1. The molecule has 0 aliphatic carbocycles. The van der Waals surface area contributed by atoms with Gasteiger partial charge in [-0.05, 0) is 37.8 Å². The molecule has 12 nitrogen and oxygen atoms in total. The van der Waals surface area contributed by atoms with E-state index in [0.717, 1.165) is 18.5 Å². The average Bonchev–Trinajstić information content (AvgIpc) is 3.34. The lowest BCUT2D eigenvalue weighted by molar-refractivity contribution is -0.142. The Morgan fingerprint density at radius 1 is 1.12 bits per heavy atom. The summed E-state index contributed by atoms with van der Waals surface area (Å²) >= 11 is 0. The first-order chi connectivity index (χ1) is 16.3. The Labute approximate surface area is 197 Å². The molecular formula is C22H33N7O5. The number of carbonyl (C=O) groups excluding carboxylic acids is 3. The van der Waals surface area contributed by atoms with Crippen LogP contribution in [0.25, 0.3) is 0 Å². The van der Waals surface area contributed by atoms with Crippen LogP contribution >= 0.6 is 0 Å². The number of nitrogens with two attached hydrogens (primary N) is 1. The first kappa shape index (κ1) is 26.6. The molecule has 12 heteroatoms. The van der Waals surface area contributed by atoms with Gasteiger partial charge in [-0.1, -0.05) is 30.3 Å². The second kappa shape index (κ2) is 13.8. The van der Waals surface area contributed by atoms with Gasteiger partial charge < -0.3 is 37.4 Å². The summed E-state index contributed by atoms with van der Waals surface area (Å²) in [6.45, 7) is 0.739. The maximum absolute atomic E-state index is 12.9. The van der Waals surface area contributed by atoms with Gasteiger partial charge in [0.2, 0.25) is 17.7 Å². The average molecular weight is 476 g/mol. The Bertz CT molecular complexity index is 858. The van der Waals surface area contributed by atoms with Crippen molar-refractivity contribution in [3.8, 4) is 0 Å². The van der Waals surface area contributed by atoms with Gasteiger partial charge in [-0.25, -0.2) is 4.79 Å². The second-order valence-corrected chi connectivity index (χ2v) is 8.06. The van der Waals surface area contributed by atoms with Crippen molar-refractivity contribution in [1.82, 2.24) is 26.6 Å². The van der Waals surface area contributed by atoms with Gasteiger partial charge in [-0.2, -0.15) is 0 Å². The molecule has 186 valence electrons. The number of carboxylic acids is 1. The number of amides is 3. The van der Waals surface area contributed by atoms with Crippen molar-refractivity contribution in [2.45, 2.75) is 50.2 Å². The zero-order valence-corrected chi connectivity index (χ0v) is 18.9. The Hall–Kier alpha value is -3.67. The van der Waals surface area contributed by atoms with Crippen molar-refractivity contribution >= 4 is 29.7 Å². The zero-order chi connectivity index (χ0) is 24.9. The van der Waals surface area contributed by atoms with Crippen molar-refractivity contribution in [2.24, 2.45) is 5.73 Å². The number of nitrogens with one attached hydrogen (secondary N) is 6. The zero-order valence-electron chi connectivity index (χ0n) is 18.9. The van der Waals surface area contributed by atoms with Gasteiger partial charge in [0.1, 0.15) is 12.1 Å². The fourth-order valence-corrected chi connectivity index (χ4v) is 3.56. The van der Waals surface area contributed by atoms with Crippen LogP contribution < -0.4 is 32.3 Å².